The van der Waals surface area contributed by atoms with Crippen LogP contribution in [0.5, 0.6) is 0 Å². The third-order valence-electron chi connectivity index (χ3n) is 2.81. The number of rotatable bonds is 5. The van der Waals surface area contributed by atoms with E-state index in [0.717, 1.165) is 16.9 Å². The first-order valence-electron chi connectivity index (χ1n) is 6.11. The van der Waals surface area contributed by atoms with Crippen molar-refractivity contribution in [2.24, 2.45) is 7.05 Å². The monoisotopic (exact) mass is 246 g/mol. The SMILES string of the molecule is CC(C)OCC(=O)Cc1nc2ccccc2n1C. The van der Waals surface area contributed by atoms with Crippen LogP contribution in [0.3, 0.4) is 0 Å². The molecule has 2 rings (SSSR count). The number of benzene rings is 1. The van der Waals surface area contributed by atoms with Gasteiger partial charge in [0.25, 0.3) is 0 Å². The van der Waals surface area contributed by atoms with Crippen molar-refractivity contribution < 1.29 is 9.53 Å². The van der Waals surface area contributed by atoms with E-state index in [1.54, 1.807) is 0 Å². The highest BCUT2D eigenvalue weighted by molar-refractivity contribution is 5.83. The maximum Gasteiger partial charge on any atom is 0.165 e. The minimum absolute atomic E-state index is 0.0575. The van der Waals surface area contributed by atoms with E-state index in [-0.39, 0.29) is 18.5 Å². The van der Waals surface area contributed by atoms with Gasteiger partial charge in [0.15, 0.2) is 5.78 Å². The fourth-order valence-electron chi connectivity index (χ4n) is 1.84. The molecule has 2 aromatic rings. The Morgan fingerprint density at radius 1 is 1.39 bits per heavy atom. The molecule has 1 aromatic carbocycles. The van der Waals surface area contributed by atoms with Gasteiger partial charge in [-0.05, 0) is 26.0 Å². The van der Waals surface area contributed by atoms with Crippen molar-refractivity contribution in [3.05, 3.63) is 30.1 Å². The molecular weight excluding hydrogens is 228 g/mol. The van der Waals surface area contributed by atoms with E-state index in [9.17, 15) is 4.79 Å². The van der Waals surface area contributed by atoms with Crippen LogP contribution in [0.4, 0.5) is 0 Å². The predicted molar refractivity (Wildman–Crippen MR) is 70.5 cm³/mol. The summed E-state index contributed by atoms with van der Waals surface area (Å²) in [6, 6.07) is 7.87. The second kappa shape index (κ2) is 5.31. The van der Waals surface area contributed by atoms with Crippen molar-refractivity contribution in [3.8, 4) is 0 Å². The third kappa shape index (κ3) is 2.76. The fraction of sp³-hybridized carbons (Fsp3) is 0.429. The van der Waals surface area contributed by atoms with E-state index >= 15 is 0 Å². The average Bonchev–Trinajstić information content (AvgIpc) is 2.65. The predicted octanol–water partition coefficient (Wildman–Crippen LogP) is 2.11. The van der Waals surface area contributed by atoms with Gasteiger partial charge in [-0.25, -0.2) is 4.98 Å². The van der Waals surface area contributed by atoms with Gasteiger partial charge in [-0.15, -0.1) is 0 Å². The Morgan fingerprint density at radius 3 is 2.78 bits per heavy atom. The maximum absolute atomic E-state index is 11.8. The molecule has 0 aliphatic heterocycles. The van der Waals surface area contributed by atoms with Gasteiger partial charge in [-0.1, -0.05) is 12.1 Å². The number of hydrogen-bond acceptors (Lipinski definition) is 3. The summed E-state index contributed by atoms with van der Waals surface area (Å²) in [4.78, 5) is 16.2. The smallest absolute Gasteiger partial charge is 0.165 e. The quantitative estimate of drug-likeness (QED) is 0.811. The van der Waals surface area contributed by atoms with Crippen LogP contribution in [0.1, 0.15) is 19.7 Å². The number of carbonyl (C=O) groups is 1. The lowest BCUT2D eigenvalue weighted by Gasteiger charge is -2.06. The molecule has 0 fully saturated rings. The van der Waals surface area contributed by atoms with Crippen LogP contribution in [0, 0.1) is 0 Å². The first-order valence-corrected chi connectivity index (χ1v) is 6.11. The summed E-state index contributed by atoms with van der Waals surface area (Å²) in [7, 11) is 1.93. The molecule has 0 spiro atoms. The van der Waals surface area contributed by atoms with Gasteiger partial charge in [0.2, 0.25) is 0 Å². The molecule has 0 radical (unpaired) electrons. The largest absolute Gasteiger partial charge is 0.371 e. The highest BCUT2D eigenvalue weighted by Crippen LogP contribution is 2.14. The van der Waals surface area contributed by atoms with E-state index in [4.69, 9.17) is 4.74 Å². The Labute approximate surface area is 107 Å². The molecular formula is C14H18N2O2. The summed E-state index contributed by atoms with van der Waals surface area (Å²) in [5.74, 6) is 0.843. The molecule has 1 aromatic heterocycles. The van der Waals surface area contributed by atoms with Gasteiger partial charge >= 0.3 is 0 Å². The average molecular weight is 246 g/mol. The molecule has 0 N–H and O–H groups in total. The van der Waals surface area contributed by atoms with E-state index in [2.05, 4.69) is 4.98 Å². The van der Waals surface area contributed by atoms with Crippen LogP contribution in [-0.4, -0.2) is 28.0 Å². The van der Waals surface area contributed by atoms with Gasteiger partial charge in [0.1, 0.15) is 12.4 Å². The first kappa shape index (κ1) is 12.8. The van der Waals surface area contributed by atoms with Crippen LogP contribution in [0.25, 0.3) is 11.0 Å². The van der Waals surface area contributed by atoms with Gasteiger partial charge < -0.3 is 9.30 Å². The number of Topliss-reactive ketones (excluding diaryl/α,β-unsaturated/α-hetero) is 1. The zero-order chi connectivity index (χ0) is 13.1. The molecule has 0 unspecified atom stereocenters. The number of hydrogen-bond donors (Lipinski definition) is 0. The molecule has 0 aliphatic carbocycles. The topological polar surface area (TPSA) is 44.1 Å². The van der Waals surface area contributed by atoms with Gasteiger partial charge in [-0.3, -0.25) is 4.79 Å². The number of fused-ring (bicyclic) bond motifs is 1. The summed E-state index contributed by atoms with van der Waals surface area (Å²) in [6.45, 7) is 3.99. The molecule has 0 bridgehead atoms. The van der Waals surface area contributed by atoms with Crippen LogP contribution in [-0.2, 0) is 23.0 Å². The molecule has 18 heavy (non-hydrogen) atoms. The Bertz CT molecular complexity index is 558. The summed E-state index contributed by atoms with van der Waals surface area (Å²) in [6.07, 6.45) is 0.396. The number of ether oxygens (including phenoxy) is 1. The Hall–Kier alpha value is -1.68. The number of imidazole rings is 1. The maximum atomic E-state index is 11.8. The lowest BCUT2D eigenvalue weighted by atomic mass is 10.3. The van der Waals surface area contributed by atoms with E-state index in [1.807, 2.05) is 49.7 Å². The number of nitrogens with zero attached hydrogens (tertiary/aromatic N) is 2. The highest BCUT2D eigenvalue weighted by atomic mass is 16.5. The van der Waals surface area contributed by atoms with E-state index in [1.165, 1.54) is 0 Å². The lowest BCUT2D eigenvalue weighted by molar-refractivity contribution is -0.124. The number of aryl methyl sites for hydroxylation is 1. The second-order valence-electron chi connectivity index (χ2n) is 4.65. The van der Waals surface area contributed by atoms with Crippen molar-refractivity contribution in [3.63, 3.8) is 0 Å². The molecule has 96 valence electrons. The molecule has 0 saturated heterocycles. The van der Waals surface area contributed by atoms with Crippen LogP contribution < -0.4 is 0 Å². The van der Waals surface area contributed by atoms with Crippen molar-refractivity contribution in [1.82, 2.24) is 9.55 Å². The Balaban J connectivity index is 2.12. The minimum Gasteiger partial charge on any atom is -0.371 e. The summed E-state index contributed by atoms with van der Waals surface area (Å²) >= 11 is 0. The normalized spacial score (nSPS) is 11.3. The molecule has 0 atom stereocenters. The molecule has 0 saturated carbocycles. The third-order valence-corrected chi connectivity index (χ3v) is 2.81. The highest BCUT2D eigenvalue weighted by Gasteiger charge is 2.12. The lowest BCUT2D eigenvalue weighted by Crippen LogP contribution is -2.17. The number of carbonyl (C=O) groups excluding carboxylic acids is 1. The number of aromatic nitrogens is 2. The number of ketones is 1. The summed E-state index contributed by atoms with van der Waals surface area (Å²) in [5, 5.41) is 0. The standard InChI is InChI=1S/C14H18N2O2/c1-10(2)18-9-11(17)8-14-15-12-6-4-5-7-13(12)16(14)3/h4-7,10H,8-9H2,1-3H3. The second-order valence-corrected chi connectivity index (χ2v) is 4.65. The van der Waals surface area contributed by atoms with Crippen LogP contribution in [0.2, 0.25) is 0 Å². The zero-order valence-corrected chi connectivity index (χ0v) is 11.0. The Morgan fingerprint density at radius 2 is 2.11 bits per heavy atom. The first-order chi connectivity index (χ1) is 8.58. The summed E-state index contributed by atoms with van der Waals surface area (Å²) in [5.41, 5.74) is 1.97. The van der Waals surface area contributed by atoms with Crippen molar-refractivity contribution in [2.45, 2.75) is 26.4 Å². The van der Waals surface area contributed by atoms with Crippen LogP contribution in [0.15, 0.2) is 24.3 Å². The molecule has 0 aliphatic rings. The van der Waals surface area contributed by atoms with E-state index in [0.29, 0.717) is 6.42 Å². The molecule has 0 amide bonds. The van der Waals surface area contributed by atoms with Crippen LogP contribution >= 0.6 is 0 Å². The van der Waals surface area contributed by atoms with Crippen molar-refractivity contribution >= 4 is 16.8 Å². The minimum atomic E-state index is 0.0575. The van der Waals surface area contributed by atoms with Gasteiger partial charge in [-0.2, -0.15) is 0 Å². The Kier molecular flexibility index (Phi) is 3.77. The van der Waals surface area contributed by atoms with E-state index < -0.39 is 0 Å². The molecule has 4 nitrogen and oxygen atoms in total. The van der Waals surface area contributed by atoms with Crippen molar-refractivity contribution in [1.29, 1.82) is 0 Å². The zero-order valence-electron chi connectivity index (χ0n) is 11.0. The van der Waals surface area contributed by atoms with Gasteiger partial charge in [0.05, 0.1) is 23.6 Å². The molecule has 1 heterocycles. The summed E-state index contributed by atoms with van der Waals surface area (Å²) < 4.78 is 7.26. The van der Waals surface area contributed by atoms with Crippen molar-refractivity contribution in [2.75, 3.05) is 6.61 Å². The number of para-hydroxylation sites is 2. The fourth-order valence-corrected chi connectivity index (χ4v) is 1.84. The van der Waals surface area contributed by atoms with Gasteiger partial charge in [0, 0.05) is 7.05 Å². The molecule has 4 heteroatoms.